The van der Waals surface area contributed by atoms with Crippen molar-refractivity contribution in [3.63, 3.8) is 0 Å². The van der Waals surface area contributed by atoms with Gasteiger partial charge in [0.05, 0.1) is 18.7 Å². The zero-order valence-corrected chi connectivity index (χ0v) is 22.1. The molecule has 2 heterocycles. The third-order valence-electron chi connectivity index (χ3n) is 6.76. The van der Waals surface area contributed by atoms with E-state index in [9.17, 15) is 14.4 Å². The fourth-order valence-electron chi connectivity index (χ4n) is 4.59. The van der Waals surface area contributed by atoms with E-state index in [-0.39, 0.29) is 44.0 Å². The minimum absolute atomic E-state index is 0.0794. The molecule has 9 nitrogen and oxygen atoms in total. The molecule has 0 saturated carbocycles. The molecule has 1 atom stereocenters. The molecule has 0 spiro atoms. The van der Waals surface area contributed by atoms with Crippen molar-refractivity contribution in [2.45, 2.75) is 26.5 Å². The number of hydrogen-bond donors (Lipinski definition) is 0. The van der Waals surface area contributed by atoms with Crippen LogP contribution >= 0.6 is 0 Å². The highest BCUT2D eigenvalue weighted by Gasteiger charge is 2.32. The summed E-state index contributed by atoms with van der Waals surface area (Å²) in [5.41, 5.74) is 2.19. The van der Waals surface area contributed by atoms with Gasteiger partial charge in [0.1, 0.15) is 18.9 Å². The van der Waals surface area contributed by atoms with Gasteiger partial charge in [0.25, 0.3) is 5.91 Å². The first-order valence-electron chi connectivity index (χ1n) is 12.9. The van der Waals surface area contributed by atoms with Crippen LogP contribution in [-0.4, -0.2) is 89.9 Å². The van der Waals surface area contributed by atoms with Crippen molar-refractivity contribution in [1.29, 1.82) is 0 Å². The molecule has 9 heteroatoms. The summed E-state index contributed by atoms with van der Waals surface area (Å²) in [5, 5.41) is 0.846. The molecule has 200 valence electrons. The van der Waals surface area contributed by atoms with Gasteiger partial charge >= 0.3 is 0 Å². The maximum Gasteiger partial charge on any atom is 0.254 e. The van der Waals surface area contributed by atoms with E-state index in [0.717, 1.165) is 22.2 Å². The number of carbonyl (C=O) groups is 3. The number of fused-ring (bicyclic) bond motifs is 1. The van der Waals surface area contributed by atoms with Crippen molar-refractivity contribution in [3.05, 3.63) is 71.9 Å². The zero-order valence-electron chi connectivity index (χ0n) is 22.1. The summed E-state index contributed by atoms with van der Waals surface area (Å²) >= 11 is 0. The van der Waals surface area contributed by atoms with Crippen LogP contribution in [0.4, 0.5) is 0 Å². The van der Waals surface area contributed by atoms with Crippen molar-refractivity contribution in [2.75, 3.05) is 46.4 Å². The summed E-state index contributed by atoms with van der Waals surface area (Å²) in [7, 11) is 1.60. The summed E-state index contributed by atoms with van der Waals surface area (Å²) in [4.78, 5) is 48.7. The number of hydrogen-bond acceptors (Lipinski definition) is 6. The number of nitrogens with zero attached hydrogens (tertiary/aromatic N) is 4. The summed E-state index contributed by atoms with van der Waals surface area (Å²) in [6.45, 7) is 5.65. The third-order valence-corrected chi connectivity index (χ3v) is 6.76. The number of ether oxygens (including phenoxy) is 2. The molecule has 2 aromatic carbocycles. The lowest BCUT2D eigenvalue weighted by Gasteiger charge is -2.26. The Kier molecular flexibility index (Phi) is 8.91. The molecule has 4 rings (SSSR count). The number of amides is 3. The summed E-state index contributed by atoms with van der Waals surface area (Å²) < 4.78 is 11.3. The highest BCUT2D eigenvalue weighted by atomic mass is 16.5. The smallest absolute Gasteiger partial charge is 0.254 e. The second kappa shape index (κ2) is 12.5. The number of aromatic nitrogens is 1. The van der Waals surface area contributed by atoms with Crippen LogP contribution in [0.3, 0.4) is 0 Å². The van der Waals surface area contributed by atoms with Crippen LogP contribution in [0.15, 0.2) is 60.8 Å². The normalized spacial score (nSPS) is 15.9. The van der Waals surface area contributed by atoms with Crippen molar-refractivity contribution in [3.8, 4) is 5.75 Å². The van der Waals surface area contributed by atoms with Gasteiger partial charge in [0.15, 0.2) is 0 Å². The molecular weight excluding hydrogens is 484 g/mol. The molecule has 1 saturated heterocycles. The third kappa shape index (κ3) is 6.47. The molecule has 3 aromatic rings. The van der Waals surface area contributed by atoms with Crippen molar-refractivity contribution in [1.82, 2.24) is 19.7 Å². The van der Waals surface area contributed by atoms with Crippen LogP contribution in [0.2, 0.25) is 0 Å². The van der Waals surface area contributed by atoms with E-state index < -0.39 is 6.10 Å². The maximum atomic E-state index is 13.6. The molecule has 0 N–H and O–H groups in total. The van der Waals surface area contributed by atoms with Gasteiger partial charge < -0.3 is 24.2 Å². The van der Waals surface area contributed by atoms with E-state index in [2.05, 4.69) is 4.98 Å². The Morgan fingerprint density at radius 3 is 2.53 bits per heavy atom. The lowest BCUT2D eigenvalue weighted by molar-refractivity contribution is -0.138. The van der Waals surface area contributed by atoms with Gasteiger partial charge in [-0.05, 0) is 55.8 Å². The van der Waals surface area contributed by atoms with Gasteiger partial charge in [-0.15, -0.1) is 0 Å². The molecular formula is C29H34N4O5. The van der Waals surface area contributed by atoms with Crippen LogP contribution in [0.25, 0.3) is 10.9 Å². The topological polar surface area (TPSA) is 92.3 Å². The highest BCUT2D eigenvalue weighted by molar-refractivity contribution is 5.99. The molecule has 0 aliphatic carbocycles. The number of carbonyl (C=O) groups excluding carboxylic acids is 3. The molecule has 1 aromatic heterocycles. The summed E-state index contributed by atoms with van der Waals surface area (Å²) in [6.07, 6.45) is 1.18. The van der Waals surface area contributed by atoms with E-state index in [1.165, 1.54) is 4.90 Å². The van der Waals surface area contributed by atoms with Crippen LogP contribution in [0, 0.1) is 0 Å². The number of likely N-dealkylation sites (N-methyl/N-ethyl adjacent to an activating group) is 1. The number of pyridine rings is 1. The minimum Gasteiger partial charge on any atom is -0.497 e. The Morgan fingerprint density at radius 1 is 1.05 bits per heavy atom. The average Bonchev–Trinajstić information content (AvgIpc) is 3.10. The second-order valence-electron chi connectivity index (χ2n) is 9.22. The molecule has 0 bridgehead atoms. The minimum atomic E-state index is -0.523. The van der Waals surface area contributed by atoms with Gasteiger partial charge in [-0.2, -0.15) is 0 Å². The number of rotatable bonds is 9. The molecule has 1 fully saturated rings. The van der Waals surface area contributed by atoms with Crippen LogP contribution in [0.1, 0.15) is 29.8 Å². The largest absolute Gasteiger partial charge is 0.497 e. The Bertz CT molecular complexity index is 1280. The number of benzene rings is 2. The first-order chi connectivity index (χ1) is 18.4. The molecule has 3 amide bonds. The van der Waals surface area contributed by atoms with Crippen molar-refractivity contribution >= 4 is 28.6 Å². The van der Waals surface area contributed by atoms with Crippen LogP contribution in [0.5, 0.6) is 5.75 Å². The average molecular weight is 519 g/mol. The fraction of sp³-hybridized carbons (Fsp3) is 0.379. The standard InChI is InChI=1S/C29H34N4O5/c1-4-31(5-2)28(35)20-38-25-17-32(16-21-8-11-24(37-3)12-9-21)27(34)19-33(18-25)29(36)23-10-13-26-22(15-23)7-6-14-30-26/h6-15,25H,4-5,16-20H2,1-3H3/t25-/m0/s1. The highest BCUT2D eigenvalue weighted by Crippen LogP contribution is 2.19. The van der Waals surface area contributed by atoms with Gasteiger partial charge in [-0.3, -0.25) is 19.4 Å². The molecule has 0 unspecified atom stereocenters. The molecule has 1 aliphatic heterocycles. The van der Waals surface area contributed by atoms with Crippen LogP contribution in [-0.2, 0) is 20.9 Å². The molecule has 1 aliphatic rings. The van der Waals surface area contributed by atoms with Crippen molar-refractivity contribution in [2.24, 2.45) is 0 Å². The number of methoxy groups -OCH3 is 1. The first kappa shape index (κ1) is 27.1. The van der Waals surface area contributed by atoms with Gasteiger partial charge in [-0.1, -0.05) is 18.2 Å². The van der Waals surface area contributed by atoms with Gasteiger partial charge in [-0.25, -0.2) is 0 Å². The Labute approximate surface area is 222 Å². The monoisotopic (exact) mass is 518 g/mol. The lowest BCUT2D eigenvalue weighted by Crippen LogP contribution is -2.41. The molecule has 38 heavy (non-hydrogen) atoms. The Balaban J connectivity index is 1.55. The van der Waals surface area contributed by atoms with E-state index in [4.69, 9.17) is 9.47 Å². The first-order valence-corrected chi connectivity index (χ1v) is 12.9. The lowest BCUT2D eigenvalue weighted by atomic mass is 10.1. The van der Waals surface area contributed by atoms with Gasteiger partial charge in [0, 0.05) is 49.9 Å². The second-order valence-corrected chi connectivity index (χ2v) is 9.22. The fourth-order valence-corrected chi connectivity index (χ4v) is 4.59. The van der Waals surface area contributed by atoms with E-state index in [1.807, 2.05) is 50.2 Å². The Hall–Kier alpha value is -3.98. The summed E-state index contributed by atoms with van der Waals surface area (Å²) in [5.74, 6) is 0.165. The quantitative estimate of drug-likeness (QED) is 0.433. The predicted molar refractivity (Wildman–Crippen MR) is 144 cm³/mol. The van der Waals surface area contributed by atoms with E-state index in [1.54, 1.807) is 41.3 Å². The zero-order chi connectivity index (χ0) is 27.1. The van der Waals surface area contributed by atoms with Gasteiger partial charge in [0.2, 0.25) is 11.8 Å². The van der Waals surface area contributed by atoms with E-state index in [0.29, 0.717) is 25.2 Å². The Morgan fingerprint density at radius 2 is 1.82 bits per heavy atom. The SMILES string of the molecule is CCN(CC)C(=O)CO[C@H]1CN(Cc2ccc(OC)cc2)C(=O)CN(C(=O)c2ccc3ncccc3c2)C1. The predicted octanol–water partition coefficient (Wildman–Crippen LogP) is 2.98. The summed E-state index contributed by atoms with van der Waals surface area (Å²) in [6, 6.07) is 16.5. The van der Waals surface area contributed by atoms with Crippen LogP contribution < -0.4 is 4.74 Å². The van der Waals surface area contributed by atoms with E-state index >= 15 is 0 Å². The van der Waals surface area contributed by atoms with Crippen molar-refractivity contribution < 1.29 is 23.9 Å². The maximum absolute atomic E-state index is 13.6. The molecule has 0 radical (unpaired) electrons.